The van der Waals surface area contributed by atoms with E-state index in [0.29, 0.717) is 25.8 Å². The maximum absolute atomic E-state index is 13.1. The number of hydrogen-bond acceptors (Lipinski definition) is 7. The molecule has 5 rings (SSSR count). The van der Waals surface area contributed by atoms with E-state index in [0.717, 1.165) is 22.0 Å². The van der Waals surface area contributed by atoms with Gasteiger partial charge in [-0.1, -0.05) is 41.7 Å². The molecule has 0 unspecified atom stereocenters. The van der Waals surface area contributed by atoms with Gasteiger partial charge in [0.1, 0.15) is 4.83 Å². The van der Waals surface area contributed by atoms with E-state index in [-0.39, 0.29) is 11.5 Å². The third-order valence-corrected chi connectivity index (χ3v) is 7.30. The number of amides is 1. The molecule has 0 saturated heterocycles. The fraction of sp³-hybridized carbons (Fsp3) is 0.136. The number of thiazole rings is 1. The molecule has 1 amide bonds. The quantitative estimate of drug-likeness (QED) is 0.434. The highest BCUT2D eigenvalue weighted by Crippen LogP contribution is 2.38. The van der Waals surface area contributed by atoms with Crippen LogP contribution in [0.25, 0.3) is 32.2 Å². The number of rotatable bonds is 4. The summed E-state index contributed by atoms with van der Waals surface area (Å²) in [4.78, 5) is 40.9. The van der Waals surface area contributed by atoms with Crippen LogP contribution in [0.1, 0.15) is 15.2 Å². The Bertz CT molecular complexity index is 1530. The summed E-state index contributed by atoms with van der Waals surface area (Å²) in [6, 6.07) is 9.79. The average molecular weight is 463 g/mol. The smallest absolute Gasteiger partial charge is 0.267 e. The number of nitrogens with one attached hydrogen (secondary N) is 1. The lowest BCUT2D eigenvalue weighted by Crippen LogP contribution is -2.17. The van der Waals surface area contributed by atoms with Crippen LogP contribution in [0.2, 0.25) is 0 Å². The van der Waals surface area contributed by atoms with E-state index in [4.69, 9.17) is 4.98 Å². The van der Waals surface area contributed by atoms with E-state index in [1.807, 2.05) is 48.1 Å². The molecule has 0 aliphatic heterocycles. The van der Waals surface area contributed by atoms with E-state index < -0.39 is 0 Å². The maximum atomic E-state index is 13.1. The molecule has 4 heterocycles. The number of carbonyl (C=O) groups excluding carboxylic acids is 1. The lowest BCUT2D eigenvalue weighted by atomic mass is 10.1. The molecule has 160 valence electrons. The zero-order valence-electron chi connectivity index (χ0n) is 17.5. The van der Waals surface area contributed by atoms with E-state index in [2.05, 4.69) is 15.3 Å². The van der Waals surface area contributed by atoms with Crippen molar-refractivity contribution in [2.24, 2.45) is 14.1 Å². The first-order chi connectivity index (χ1) is 15.4. The van der Waals surface area contributed by atoms with E-state index in [9.17, 15) is 9.59 Å². The molecule has 4 aromatic heterocycles. The van der Waals surface area contributed by atoms with Gasteiger partial charge in [-0.3, -0.25) is 14.9 Å². The van der Waals surface area contributed by atoms with Crippen LogP contribution in [-0.4, -0.2) is 30.0 Å². The van der Waals surface area contributed by atoms with Gasteiger partial charge < -0.3 is 9.13 Å². The molecule has 1 N–H and O–H groups in total. The molecular formula is C22H18N6O2S2. The minimum absolute atomic E-state index is 0.166. The molecule has 0 aliphatic rings. The minimum atomic E-state index is -0.313. The molecule has 0 saturated carbocycles. The molecule has 10 heteroatoms. The van der Waals surface area contributed by atoms with Gasteiger partial charge in [0.25, 0.3) is 11.5 Å². The highest BCUT2D eigenvalue weighted by Gasteiger charge is 2.22. The van der Waals surface area contributed by atoms with Gasteiger partial charge >= 0.3 is 0 Å². The number of nitrogens with zero attached hydrogens (tertiary/aromatic N) is 5. The molecule has 0 fully saturated rings. The summed E-state index contributed by atoms with van der Waals surface area (Å²) >= 11 is 2.57. The molecule has 1 aromatic carbocycles. The molecular weight excluding hydrogens is 444 g/mol. The molecule has 0 radical (unpaired) electrons. The van der Waals surface area contributed by atoms with E-state index >= 15 is 0 Å². The Morgan fingerprint density at radius 2 is 1.84 bits per heavy atom. The third kappa shape index (κ3) is 3.33. The summed E-state index contributed by atoms with van der Waals surface area (Å²) in [7, 11) is 3.56. The summed E-state index contributed by atoms with van der Waals surface area (Å²) < 4.78 is 3.33. The van der Waals surface area contributed by atoms with Crippen LogP contribution < -0.4 is 10.9 Å². The highest BCUT2D eigenvalue weighted by atomic mass is 32.1. The summed E-state index contributed by atoms with van der Waals surface area (Å²) in [5, 5.41) is 3.85. The van der Waals surface area contributed by atoms with E-state index in [1.165, 1.54) is 33.6 Å². The molecule has 0 bridgehead atoms. The number of thiophene rings is 1. The van der Waals surface area contributed by atoms with Crippen molar-refractivity contribution in [3.63, 3.8) is 0 Å². The molecule has 0 atom stereocenters. The van der Waals surface area contributed by atoms with Crippen molar-refractivity contribution in [2.45, 2.75) is 6.92 Å². The Morgan fingerprint density at radius 1 is 1.06 bits per heavy atom. The SMILES string of the molecule is Cc1c(C(=O)Nc2nc(-c3ccccc3)c(-c3nccn3C)s2)sc2ncn(C)c(=O)c12. The number of benzene rings is 1. The number of carbonyl (C=O) groups is 1. The van der Waals surface area contributed by atoms with Crippen LogP contribution in [0.15, 0.2) is 53.8 Å². The van der Waals surface area contributed by atoms with Gasteiger partial charge in [-0.15, -0.1) is 11.3 Å². The van der Waals surface area contributed by atoms with E-state index in [1.54, 1.807) is 20.2 Å². The van der Waals surface area contributed by atoms with Gasteiger partial charge in [0.15, 0.2) is 11.0 Å². The summed E-state index contributed by atoms with van der Waals surface area (Å²) in [6.45, 7) is 1.77. The Kier molecular flexibility index (Phi) is 4.95. The zero-order chi connectivity index (χ0) is 22.4. The molecule has 0 spiro atoms. The molecule has 0 aliphatic carbocycles. The summed E-state index contributed by atoms with van der Waals surface area (Å²) in [5.74, 6) is 0.458. The number of imidazole rings is 1. The standard InChI is InChI=1S/C22H18N6O2S2/c1-12-14-20(24-11-28(3)21(14)30)31-16(12)19(29)26-22-25-15(13-7-5-4-6-8-13)17(32-22)18-23-9-10-27(18)2/h4-11H,1-3H3,(H,25,26,29). The van der Waals surface area contributed by atoms with Crippen molar-refractivity contribution >= 4 is 43.9 Å². The van der Waals surface area contributed by atoms with Crippen molar-refractivity contribution < 1.29 is 4.79 Å². The van der Waals surface area contributed by atoms with Gasteiger partial charge in [-0.25, -0.2) is 15.0 Å². The van der Waals surface area contributed by atoms with Crippen molar-refractivity contribution in [1.29, 1.82) is 0 Å². The predicted octanol–water partition coefficient (Wildman–Crippen LogP) is 4.08. The highest BCUT2D eigenvalue weighted by molar-refractivity contribution is 7.21. The Morgan fingerprint density at radius 3 is 2.56 bits per heavy atom. The van der Waals surface area contributed by atoms with Crippen molar-refractivity contribution in [3.05, 3.63) is 69.8 Å². The number of hydrogen-bond donors (Lipinski definition) is 1. The van der Waals surface area contributed by atoms with Crippen LogP contribution >= 0.6 is 22.7 Å². The normalized spacial score (nSPS) is 11.2. The second kappa shape index (κ2) is 7.81. The Labute approximate surface area is 190 Å². The number of aryl methyl sites for hydroxylation is 3. The molecule has 5 aromatic rings. The minimum Gasteiger partial charge on any atom is -0.333 e. The van der Waals surface area contributed by atoms with Crippen LogP contribution in [-0.2, 0) is 14.1 Å². The Hall–Kier alpha value is -3.63. The van der Waals surface area contributed by atoms with Crippen LogP contribution in [0.3, 0.4) is 0 Å². The maximum Gasteiger partial charge on any atom is 0.267 e. The van der Waals surface area contributed by atoms with Gasteiger partial charge in [0, 0.05) is 32.1 Å². The lowest BCUT2D eigenvalue weighted by Gasteiger charge is -2.02. The monoisotopic (exact) mass is 462 g/mol. The Balaban J connectivity index is 1.56. The fourth-order valence-electron chi connectivity index (χ4n) is 3.48. The predicted molar refractivity (Wildman–Crippen MR) is 127 cm³/mol. The van der Waals surface area contributed by atoms with Gasteiger partial charge in [0.2, 0.25) is 0 Å². The van der Waals surface area contributed by atoms with Crippen molar-refractivity contribution in [1.82, 2.24) is 24.1 Å². The number of anilines is 1. The second-order valence-electron chi connectivity index (χ2n) is 7.28. The second-order valence-corrected chi connectivity index (χ2v) is 9.27. The first-order valence-electron chi connectivity index (χ1n) is 9.74. The van der Waals surface area contributed by atoms with Gasteiger partial charge in [0.05, 0.1) is 27.2 Å². The van der Waals surface area contributed by atoms with Crippen LogP contribution in [0.5, 0.6) is 0 Å². The number of aromatic nitrogens is 5. The third-order valence-electron chi connectivity index (χ3n) is 5.14. The van der Waals surface area contributed by atoms with Crippen molar-refractivity contribution in [2.75, 3.05) is 5.32 Å². The largest absolute Gasteiger partial charge is 0.333 e. The topological polar surface area (TPSA) is 94.7 Å². The first kappa shape index (κ1) is 20.3. The zero-order valence-corrected chi connectivity index (χ0v) is 19.1. The van der Waals surface area contributed by atoms with Crippen LogP contribution in [0.4, 0.5) is 5.13 Å². The van der Waals surface area contributed by atoms with Crippen LogP contribution in [0, 0.1) is 6.92 Å². The summed E-state index contributed by atoms with van der Waals surface area (Å²) in [5.41, 5.74) is 2.15. The lowest BCUT2D eigenvalue weighted by molar-refractivity contribution is 0.103. The molecule has 8 nitrogen and oxygen atoms in total. The van der Waals surface area contributed by atoms with Crippen molar-refractivity contribution in [3.8, 4) is 22.0 Å². The van der Waals surface area contributed by atoms with Gasteiger partial charge in [-0.05, 0) is 12.5 Å². The van der Waals surface area contributed by atoms with Gasteiger partial charge in [-0.2, -0.15) is 0 Å². The first-order valence-corrected chi connectivity index (χ1v) is 11.4. The average Bonchev–Trinajstić information content (AvgIpc) is 3.48. The summed E-state index contributed by atoms with van der Waals surface area (Å²) in [6.07, 6.45) is 5.07. The fourth-order valence-corrected chi connectivity index (χ4v) is 5.54. The number of fused-ring (bicyclic) bond motifs is 1. The molecule has 32 heavy (non-hydrogen) atoms.